The molecule has 0 aromatic carbocycles. The Morgan fingerprint density at radius 1 is 1.03 bits per heavy atom. The van der Waals surface area contributed by atoms with Crippen molar-refractivity contribution in [1.29, 1.82) is 0 Å². The van der Waals surface area contributed by atoms with Crippen LogP contribution in [0.5, 0.6) is 0 Å². The molecule has 32 heavy (non-hydrogen) atoms. The van der Waals surface area contributed by atoms with Crippen LogP contribution in [0.15, 0.2) is 5.16 Å². The molecule has 9 atom stereocenters. The molecule has 0 aromatic heterocycles. The van der Waals surface area contributed by atoms with Gasteiger partial charge in [0, 0.05) is 25.2 Å². The number of carbonyl (C=O) groups is 2. The van der Waals surface area contributed by atoms with Gasteiger partial charge in [0.15, 0.2) is 0 Å². The quantitative estimate of drug-likeness (QED) is 0.358. The molecule has 4 fully saturated rings. The lowest BCUT2D eigenvalue weighted by atomic mass is 9.40. The maximum Gasteiger partial charge on any atom is 0.302 e. The van der Waals surface area contributed by atoms with E-state index in [1.165, 1.54) is 13.8 Å². The molecule has 4 saturated carbocycles. The van der Waals surface area contributed by atoms with E-state index in [1.807, 2.05) is 6.92 Å². The Bertz CT molecular complexity index is 810. The fourth-order valence-corrected chi connectivity index (χ4v) is 8.94. The molecular weight excluding hydrogens is 406 g/mol. The van der Waals surface area contributed by atoms with Crippen molar-refractivity contribution in [3.8, 4) is 0 Å². The monoisotopic (exact) mass is 447 g/mol. The molecule has 180 valence electrons. The summed E-state index contributed by atoms with van der Waals surface area (Å²) in [5, 5.41) is 14.1. The summed E-state index contributed by atoms with van der Waals surface area (Å²) in [4.78, 5) is 23.2. The predicted molar refractivity (Wildman–Crippen MR) is 121 cm³/mol. The lowest BCUT2D eigenvalue weighted by Gasteiger charge is -2.65. The SMILES string of the molecule is CC(=O)O[C@H]1CC[C@]2(C)[C@H]3C/C(=N\O)[C@]4(C)[C@@H]([C@H](C)OC(C)=O)CC[C@H]4[C@@H]3CC[C@@]2(C)C1. The summed E-state index contributed by atoms with van der Waals surface area (Å²) >= 11 is 0. The van der Waals surface area contributed by atoms with Crippen molar-refractivity contribution >= 4 is 17.7 Å². The molecule has 4 rings (SSSR count). The van der Waals surface area contributed by atoms with E-state index in [9.17, 15) is 14.8 Å². The minimum atomic E-state index is -0.244. The molecule has 6 nitrogen and oxygen atoms in total. The summed E-state index contributed by atoms with van der Waals surface area (Å²) < 4.78 is 11.3. The highest BCUT2D eigenvalue weighted by Crippen LogP contribution is 2.70. The van der Waals surface area contributed by atoms with Crippen molar-refractivity contribution in [1.82, 2.24) is 0 Å². The Balaban J connectivity index is 1.64. The average molecular weight is 448 g/mol. The van der Waals surface area contributed by atoms with E-state index >= 15 is 0 Å². The van der Waals surface area contributed by atoms with Crippen LogP contribution in [0.2, 0.25) is 0 Å². The fourth-order valence-electron chi connectivity index (χ4n) is 8.94. The largest absolute Gasteiger partial charge is 0.463 e. The topological polar surface area (TPSA) is 85.2 Å². The van der Waals surface area contributed by atoms with Crippen molar-refractivity contribution in [2.24, 2.45) is 45.1 Å². The number of esters is 2. The third-order valence-corrected chi connectivity index (χ3v) is 10.7. The van der Waals surface area contributed by atoms with Gasteiger partial charge in [-0.2, -0.15) is 0 Å². The normalized spacial score (nSPS) is 47.7. The van der Waals surface area contributed by atoms with Gasteiger partial charge in [-0.25, -0.2) is 0 Å². The fraction of sp³-hybridized carbons (Fsp3) is 0.885. The highest BCUT2D eigenvalue weighted by molar-refractivity contribution is 5.91. The molecule has 0 bridgehead atoms. The van der Waals surface area contributed by atoms with Gasteiger partial charge in [-0.15, -0.1) is 0 Å². The molecule has 0 radical (unpaired) electrons. The Morgan fingerprint density at radius 2 is 1.75 bits per heavy atom. The van der Waals surface area contributed by atoms with Gasteiger partial charge in [0.25, 0.3) is 0 Å². The summed E-state index contributed by atoms with van der Waals surface area (Å²) in [5.41, 5.74) is 0.912. The van der Waals surface area contributed by atoms with E-state index in [2.05, 4.69) is 25.9 Å². The number of nitrogens with zero attached hydrogens (tertiary/aromatic N) is 1. The summed E-state index contributed by atoms with van der Waals surface area (Å²) in [6.45, 7) is 12.1. The van der Waals surface area contributed by atoms with Crippen LogP contribution in [0, 0.1) is 39.9 Å². The third kappa shape index (κ3) is 3.38. The number of carbonyl (C=O) groups excluding carboxylic acids is 2. The first-order chi connectivity index (χ1) is 15.0. The molecule has 0 amide bonds. The van der Waals surface area contributed by atoms with Gasteiger partial charge in [-0.05, 0) is 86.9 Å². The standard InChI is InChI=1S/C26H41NO5/c1-15(31-16(2)28)20-7-8-21-19-10-11-24(4)14-18(32-17(3)29)9-12-25(24,5)22(19)13-23(27-30)26(20,21)6/h15,18-22,30H,7-14H2,1-6H3/b27-23+/t15-,18-,19-,20+,21-,22-,24-,25+,26+/m0/s1. The summed E-state index contributed by atoms with van der Waals surface area (Å²) in [7, 11) is 0. The second-order valence-electron chi connectivity index (χ2n) is 11.9. The Morgan fingerprint density at radius 3 is 2.38 bits per heavy atom. The number of hydrogen-bond acceptors (Lipinski definition) is 6. The maximum atomic E-state index is 11.6. The zero-order valence-corrected chi connectivity index (χ0v) is 20.6. The molecule has 0 aliphatic heterocycles. The van der Waals surface area contributed by atoms with Gasteiger partial charge in [0.05, 0.1) is 5.71 Å². The van der Waals surface area contributed by atoms with Crippen molar-refractivity contribution in [2.75, 3.05) is 0 Å². The average Bonchev–Trinajstić information content (AvgIpc) is 3.05. The van der Waals surface area contributed by atoms with Crippen LogP contribution in [-0.4, -0.2) is 35.1 Å². The number of oxime groups is 1. The lowest BCUT2D eigenvalue weighted by molar-refractivity contribution is -0.174. The lowest BCUT2D eigenvalue weighted by Crippen LogP contribution is -2.61. The smallest absolute Gasteiger partial charge is 0.302 e. The second-order valence-corrected chi connectivity index (χ2v) is 11.9. The van der Waals surface area contributed by atoms with Crippen LogP contribution in [-0.2, 0) is 19.1 Å². The van der Waals surface area contributed by atoms with E-state index in [1.54, 1.807) is 0 Å². The van der Waals surface area contributed by atoms with E-state index < -0.39 is 0 Å². The van der Waals surface area contributed by atoms with Crippen LogP contribution < -0.4 is 0 Å². The van der Waals surface area contributed by atoms with Crippen molar-refractivity contribution in [3.05, 3.63) is 0 Å². The minimum absolute atomic E-state index is 0.0161. The number of ether oxygens (including phenoxy) is 2. The Labute approximate surface area is 192 Å². The molecule has 1 N–H and O–H groups in total. The van der Waals surface area contributed by atoms with Gasteiger partial charge < -0.3 is 14.7 Å². The second kappa shape index (κ2) is 8.02. The van der Waals surface area contributed by atoms with E-state index in [0.717, 1.165) is 57.1 Å². The molecule has 0 saturated heterocycles. The Kier molecular flexibility index (Phi) is 5.90. The van der Waals surface area contributed by atoms with Crippen molar-refractivity contribution < 1.29 is 24.3 Å². The molecular formula is C26H41NO5. The zero-order chi connectivity index (χ0) is 23.5. The molecule has 4 aliphatic carbocycles. The molecule has 0 heterocycles. The first-order valence-corrected chi connectivity index (χ1v) is 12.5. The third-order valence-electron chi connectivity index (χ3n) is 10.7. The van der Waals surface area contributed by atoms with Gasteiger partial charge in [0.2, 0.25) is 0 Å². The zero-order valence-electron chi connectivity index (χ0n) is 20.6. The van der Waals surface area contributed by atoms with Gasteiger partial charge in [-0.1, -0.05) is 25.9 Å². The maximum absolute atomic E-state index is 11.6. The van der Waals surface area contributed by atoms with E-state index in [0.29, 0.717) is 17.8 Å². The van der Waals surface area contributed by atoms with Crippen LogP contribution in [0.25, 0.3) is 0 Å². The van der Waals surface area contributed by atoms with Crippen molar-refractivity contribution in [3.63, 3.8) is 0 Å². The van der Waals surface area contributed by atoms with Crippen molar-refractivity contribution in [2.45, 2.75) is 105 Å². The summed E-state index contributed by atoms with van der Waals surface area (Å²) in [5.74, 6) is 1.26. The molecule has 0 aromatic rings. The molecule has 0 unspecified atom stereocenters. The van der Waals surface area contributed by atoms with Gasteiger partial charge >= 0.3 is 11.9 Å². The first-order valence-electron chi connectivity index (χ1n) is 12.5. The van der Waals surface area contributed by atoms with Gasteiger partial charge in [-0.3, -0.25) is 9.59 Å². The first kappa shape index (κ1) is 23.6. The van der Waals surface area contributed by atoms with E-state index in [-0.39, 0.29) is 46.3 Å². The summed E-state index contributed by atoms with van der Waals surface area (Å²) in [6, 6.07) is 0. The highest BCUT2D eigenvalue weighted by atomic mass is 16.5. The van der Waals surface area contributed by atoms with Crippen LogP contribution in [0.3, 0.4) is 0 Å². The Hall–Kier alpha value is -1.59. The predicted octanol–water partition coefficient (Wildman–Crippen LogP) is 5.36. The van der Waals surface area contributed by atoms with Crippen LogP contribution in [0.1, 0.15) is 92.9 Å². The molecule has 0 spiro atoms. The minimum Gasteiger partial charge on any atom is -0.463 e. The summed E-state index contributed by atoms with van der Waals surface area (Å²) in [6.07, 6.45) is 7.92. The highest BCUT2D eigenvalue weighted by Gasteiger charge is 2.66. The van der Waals surface area contributed by atoms with Gasteiger partial charge in [0.1, 0.15) is 12.2 Å². The number of hydrogen-bond donors (Lipinski definition) is 1. The van der Waals surface area contributed by atoms with Crippen LogP contribution in [0.4, 0.5) is 0 Å². The number of rotatable bonds is 3. The number of fused-ring (bicyclic) bond motifs is 5. The van der Waals surface area contributed by atoms with E-state index in [4.69, 9.17) is 9.47 Å². The van der Waals surface area contributed by atoms with Crippen LogP contribution >= 0.6 is 0 Å². The molecule has 4 aliphatic rings. The molecule has 6 heteroatoms.